The molecule has 3 atom stereocenters. The van der Waals surface area contributed by atoms with Crippen molar-refractivity contribution in [1.82, 2.24) is 20.4 Å². The normalized spacial score (nSPS) is 21.8. The van der Waals surface area contributed by atoms with Crippen LogP contribution in [0.2, 0.25) is 0 Å². The van der Waals surface area contributed by atoms with E-state index in [2.05, 4.69) is 15.5 Å². The number of carbonyl (C=O) groups is 3. The lowest BCUT2D eigenvalue weighted by atomic mass is 10.0. The van der Waals surface area contributed by atoms with Crippen molar-refractivity contribution in [2.75, 3.05) is 23.0 Å². The maximum atomic E-state index is 12.5. The van der Waals surface area contributed by atoms with Crippen LogP contribution in [0.25, 0.3) is 0 Å². The molecule has 0 bridgehead atoms. The zero-order chi connectivity index (χ0) is 21.1. The zero-order valence-electron chi connectivity index (χ0n) is 15.0. The molecule has 0 radical (unpaired) electrons. The van der Waals surface area contributed by atoms with Gasteiger partial charge in [-0.25, -0.2) is 4.79 Å². The molecule has 10 nitrogen and oxygen atoms in total. The van der Waals surface area contributed by atoms with E-state index in [1.165, 1.54) is 39.8 Å². The van der Waals surface area contributed by atoms with Crippen LogP contribution < -0.4 is 5.32 Å². The number of nitrogens with one attached hydrogen (secondary N) is 1. The van der Waals surface area contributed by atoms with Crippen molar-refractivity contribution < 1.29 is 24.0 Å². The first-order chi connectivity index (χ1) is 13.8. The number of carboxylic acids is 1. The molecule has 2 unspecified atom stereocenters. The van der Waals surface area contributed by atoms with Crippen LogP contribution in [0.4, 0.5) is 0 Å². The highest BCUT2D eigenvalue weighted by molar-refractivity contribution is 8.01. The number of β-lactam (4-membered cyclic amide) rings is 1. The van der Waals surface area contributed by atoms with Gasteiger partial charge in [-0.15, -0.1) is 22.0 Å². The minimum atomic E-state index is -1.63. The first-order valence-corrected chi connectivity index (χ1v) is 12.5. The largest absolute Gasteiger partial charge is 0.615 e. The Labute approximate surface area is 181 Å². The Kier molecular flexibility index (Phi) is 7.06. The Morgan fingerprint density at radius 3 is 2.90 bits per heavy atom. The highest BCUT2D eigenvalue weighted by atomic mass is 32.2. The molecule has 154 valence electrons. The molecule has 0 spiro atoms. The van der Waals surface area contributed by atoms with Crippen molar-refractivity contribution >= 4 is 63.8 Å². The SMILES string of the molecule is Cc1nnc(SCC2=C(C(=O)O)N3C(=O)C(NC(=O)C[S+]([O-])CC#N)[C@H]3SC2)s1. The number of thioether (sulfide) groups is 2. The van der Waals surface area contributed by atoms with Crippen LogP contribution in [-0.4, -0.2) is 77.0 Å². The number of hydrogen-bond donors (Lipinski definition) is 2. The topological polar surface area (TPSA) is 159 Å². The molecule has 3 rings (SSSR count). The van der Waals surface area contributed by atoms with E-state index in [0.29, 0.717) is 17.1 Å². The molecule has 2 aliphatic heterocycles. The second-order valence-corrected chi connectivity index (χ2v) is 10.9. The van der Waals surface area contributed by atoms with Gasteiger partial charge in [-0.3, -0.25) is 14.5 Å². The molecule has 1 aromatic heterocycles. The molecule has 2 N–H and O–H groups in total. The smallest absolute Gasteiger partial charge is 0.352 e. The van der Waals surface area contributed by atoms with Gasteiger partial charge in [0.15, 0.2) is 15.8 Å². The third-order valence-electron chi connectivity index (χ3n) is 3.96. The Morgan fingerprint density at radius 1 is 1.52 bits per heavy atom. The summed E-state index contributed by atoms with van der Waals surface area (Å²) in [7, 11) is 0. The second-order valence-electron chi connectivity index (χ2n) is 5.97. The second kappa shape index (κ2) is 9.35. The lowest BCUT2D eigenvalue weighted by molar-refractivity contribution is -0.150. The molecule has 2 aliphatic rings. The van der Waals surface area contributed by atoms with E-state index >= 15 is 0 Å². The number of amides is 2. The lowest BCUT2D eigenvalue weighted by Crippen LogP contribution is -2.71. The molecule has 0 aliphatic carbocycles. The summed E-state index contributed by atoms with van der Waals surface area (Å²) in [5.74, 6) is -2.21. The summed E-state index contributed by atoms with van der Waals surface area (Å²) in [5.41, 5.74) is 0.538. The van der Waals surface area contributed by atoms with Crippen molar-refractivity contribution in [3.8, 4) is 6.07 Å². The standard InChI is InChI=1S/C15H15N5O5S4/c1-7-18-19-15(28-7)27-5-8-4-26-13-10(12(22)20(13)11(8)14(23)24)17-9(21)6-29(25)3-2-16/h10,13H,3-6H2,1H3,(H,17,21)(H,23,24)/t10?,13-,29?/m1/s1. The Balaban J connectivity index is 1.67. The Morgan fingerprint density at radius 2 is 2.28 bits per heavy atom. The monoisotopic (exact) mass is 473 g/mol. The van der Waals surface area contributed by atoms with Gasteiger partial charge in [-0.05, 0) is 23.7 Å². The number of aliphatic carboxylic acids is 1. The van der Waals surface area contributed by atoms with E-state index in [4.69, 9.17) is 5.26 Å². The molecule has 14 heteroatoms. The van der Waals surface area contributed by atoms with E-state index in [1.807, 2.05) is 6.92 Å². The number of nitrogens with zero attached hydrogens (tertiary/aromatic N) is 4. The minimum Gasteiger partial charge on any atom is -0.615 e. The summed E-state index contributed by atoms with van der Waals surface area (Å²) < 4.78 is 12.2. The van der Waals surface area contributed by atoms with Gasteiger partial charge in [0.1, 0.15) is 28.2 Å². The number of rotatable bonds is 8. The van der Waals surface area contributed by atoms with Crippen LogP contribution in [0.3, 0.4) is 0 Å². The van der Waals surface area contributed by atoms with Gasteiger partial charge in [0, 0.05) is 11.5 Å². The molecule has 1 saturated heterocycles. The predicted octanol–water partition coefficient (Wildman–Crippen LogP) is -0.0505. The number of aryl methyl sites for hydroxylation is 1. The van der Waals surface area contributed by atoms with Crippen LogP contribution in [-0.2, 0) is 25.6 Å². The van der Waals surface area contributed by atoms with Gasteiger partial charge >= 0.3 is 5.97 Å². The third kappa shape index (κ3) is 4.86. The van der Waals surface area contributed by atoms with E-state index in [-0.39, 0.29) is 17.2 Å². The fourth-order valence-corrected chi connectivity index (χ4v) is 6.69. The lowest BCUT2D eigenvalue weighted by Gasteiger charge is -2.49. The van der Waals surface area contributed by atoms with Crippen LogP contribution in [0.15, 0.2) is 15.6 Å². The van der Waals surface area contributed by atoms with Crippen molar-refractivity contribution in [2.24, 2.45) is 0 Å². The fraction of sp³-hybridized carbons (Fsp3) is 0.467. The van der Waals surface area contributed by atoms with Gasteiger partial charge < -0.3 is 15.0 Å². The summed E-state index contributed by atoms with van der Waals surface area (Å²) in [5, 5.41) is 28.8. The Bertz CT molecular complexity index is 913. The molecule has 2 amide bonds. The van der Waals surface area contributed by atoms with Crippen LogP contribution in [0.5, 0.6) is 0 Å². The predicted molar refractivity (Wildman–Crippen MR) is 109 cm³/mol. The van der Waals surface area contributed by atoms with Crippen molar-refractivity contribution in [2.45, 2.75) is 22.7 Å². The summed E-state index contributed by atoms with van der Waals surface area (Å²) in [6.45, 7) is 1.83. The van der Waals surface area contributed by atoms with E-state index in [9.17, 15) is 24.0 Å². The fourth-order valence-electron chi connectivity index (χ4n) is 2.76. The van der Waals surface area contributed by atoms with Crippen LogP contribution >= 0.6 is 34.9 Å². The van der Waals surface area contributed by atoms with Gasteiger partial charge in [0.05, 0.1) is 0 Å². The molecule has 0 saturated carbocycles. The minimum absolute atomic E-state index is 0.0638. The first kappa shape index (κ1) is 21.9. The highest BCUT2D eigenvalue weighted by Gasteiger charge is 2.54. The van der Waals surface area contributed by atoms with E-state index in [1.54, 1.807) is 6.07 Å². The van der Waals surface area contributed by atoms with Crippen molar-refractivity contribution in [3.05, 3.63) is 16.3 Å². The summed E-state index contributed by atoms with van der Waals surface area (Å²) in [6.07, 6.45) is 0. The third-order valence-corrected chi connectivity index (χ3v) is 8.39. The molecule has 0 aromatic carbocycles. The van der Waals surface area contributed by atoms with Gasteiger partial charge in [0.25, 0.3) is 11.8 Å². The van der Waals surface area contributed by atoms with Crippen molar-refractivity contribution in [1.29, 1.82) is 5.26 Å². The summed E-state index contributed by atoms with van der Waals surface area (Å²) >= 11 is 2.51. The van der Waals surface area contributed by atoms with E-state index in [0.717, 1.165) is 9.35 Å². The number of aromatic nitrogens is 2. The summed E-state index contributed by atoms with van der Waals surface area (Å²) in [6, 6.07) is 0.842. The number of nitriles is 1. The first-order valence-electron chi connectivity index (χ1n) is 8.16. The maximum absolute atomic E-state index is 12.5. The van der Waals surface area contributed by atoms with Crippen LogP contribution in [0.1, 0.15) is 5.01 Å². The summed E-state index contributed by atoms with van der Waals surface area (Å²) in [4.78, 5) is 37.5. The molecule has 1 fully saturated rings. The molecule has 1 aromatic rings. The van der Waals surface area contributed by atoms with Gasteiger partial charge in [-0.2, -0.15) is 5.26 Å². The van der Waals surface area contributed by atoms with Gasteiger partial charge in [-0.1, -0.05) is 23.1 Å². The van der Waals surface area contributed by atoms with E-state index < -0.39 is 40.4 Å². The number of fused-ring (bicyclic) bond motifs is 1. The highest BCUT2D eigenvalue weighted by Crippen LogP contribution is 2.41. The maximum Gasteiger partial charge on any atom is 0.352 e. The number of carbonyl (C=O) groups excluding carboxylic acids is 2. The molecular weight excluding hydrogens is 458 g/mol. The zero-order valence-corrected chi connectivity index (χ0v) is 18.3. The average molecular weight is 474 g/mol. The van der Waals surface area contributed by atoms with Gasteiger partial charge in [0.2, 0.25) is 0 Å². The van der Waals surface area contributed by atoms with Crippen LogP contribution in [0, 0.1) is 18.3 Å². The van der Waals surface area contributed by atoms with Crippen molar-refractivity contribution in [3.63, 3.8) is 0 Å². The molecule has 3 heterocycles. The molecule has 29 heavy (non-hydrogen) atoms. The molecular formula is C15H15N5O5S4. The number of carboxylic acid groups (broad SMARTS) is 1. The Hall–Kier alpha value is -1.79. The number of hydrogen-bond acceptors (Lipinski definition) is 10. The quantitative estimate of drug-likeness (QED) is 0.298. The average Bonchev–Trinajstić information content (AvgIpc) is 3.08.